The number of para-hydroxylation sites is 1. The SMILES string of the molecule is Cc1nc(SCC(=O)N2N=C(c3ccco3)CC2c2ccco2)c2ccccc2n1. The van der Waals surface area contributed by atoms with Crippen LogP contribution in [0.1, 0.15) is 29.8 Å². The van der Waals surface area contributed by atoms with Gasteiger partial charge in [-0.25, -0.2) is 15.0 Å². The van der Waals surface area contributed by atoms with Crippen LogP contribution >= 0.6 is 11.8 Å². The predicted octanol–water partition coefficient (Wildman–Crippen LogP) is 4.59. The number of hydrogen-bond donors (Lipinski definition) is 0. The summed E-state index contributed by atoms with van der Waals surface area (Å²) in [5.74, 6) is 2.11. The molecule has 1 aliphatic heterocycles. The van der Waals surface area contributed by atoms with Crippen molar-refractivity contribution >= 4 is 34.3 Å². The van der Waals surface area contributed by atoms with Gasteiger partial charge in [-0.3, -0.25) is 4.79 Å². The second kappa shape index (κ2) is 7.79. The number of aryl methyl sites for hydroxylation is 1. The fraction of sp³-hybridized carbons (Fsp3) is 0.182. The molecule has 0 spiro atoms. The number of thioether (sulfide) groups is 1. The highest BCUT2D eigenvalue weighted by Gasteiger charge is 2.35. The van der Waals surface area contributed by atoms with Crippen molar-refractivity contribution in [3.05, 3.63) is 78.4 Å². The third kappa shape index (κ3) is 3.50. The number of nitrogens with zero attached hydrogens (tertiary/aromatic N) is 4. The fourth-order valence-electron chi connectivity index (χ4n) is 3.50. The molecular formula is C22H18N4O3S. The quantitative estimate of drug-likeness (QED) is 0.348. The van der Waals surface area contributed by atoms with Crippen LogP contribution in [-0.2, 0) is 4.79 Å². The average Bonchev–Trinajstić information content (AvgIpc) is 3.52. The molecule has 1 atom stereocenters. The van der Waals surface area contributed by atoms with E-state index in [-0.39, 0.29) is 17.7 Å². The van der Waals surface area contributed by atoms with Gasteiger partial charge in [0.1, 0.15) is 34.1 Å². The molecule has 0 saturated heterocycles. The van der Waals surface area contributed by atoms with Crippen LogP contribution in [0.4, 0.5) is 0 Å². The van der Waals surface area contributed by atoms with E-state index >= 15 is 0 Å². The number of hydrogen-bond acceptors (Lipinski definition) is 7. The number of hydrazone groups is 1. The van der Waals surface area contributed by atoms with E-state index in [1.165, 1.54) is 16.8 Å². The summed E-state index contributed by atoms with van der Waals surface area (Å²) in [5, 5.41) is 7.78. The smallest absolute Gasteiger partial charge is 0.253 e. The molecule has 1 aliphatic rings. The molecule has 0 fully saturated rings. The van der Waals surface area contributed by atoms with Gasteiger partial charge < -0.3 is 8.83 Å². The lowest BCUT2D eigenvalue weighted by atomic mass is 10.1. The van der Waals surface area contributed by atoms with Gasteiger partial charge in [0.2, 0.25) is 0 Å². The van der Waals surface area contributed by atoms with Crippen molar-refractivity contribution in [3.63, 3.8) is 0 Å². The van der Waals surface area contributed by atoms with Crippen molar-refractivity contribution in [3.8, 4) is 0 Å². The fourth-order valence-corrected chi connectivity index (χ4v) is 4.42. The van der Waals surface area contributed by atoms with Crippen molar-refractivity contribution in [2.75, 3.05) is 5.75 Å². The Morgan fingerprint density at radius 2 is 1.93 bits per heavy atom. The molecule has 3 aromatic heterocycles. The minimum absolute atomic E-state index is 0.122. The van der Waals surface area contributed by atoms with E-state index in [4.69, 9.17) is 8.83 Å². The molecule has 0 bridgehead atoms. The van der Waals surface area contributed by atoms with E-state index in [1.54, 1.807) is 12.5 Å². The second-order valence-corrected chi connectivity index (χ2v) is 7.84. The molecule has 0 aliphatic carbocycles. The summed E-state index contributed by atoms with van der Waals surface area (Å²) in [6.45, 7) is 1.85. The Balaban J connectivity index is 1.40. The van der Waals surface area contributed by atoms with E-state index in [0.29, 0.717) is 23.8 Å². The molecule has 150 valence electrons. The van der Waals surface area contributed by atoms with Gasteiger partial charge in [0, 0.05) is 11.8 Å². The Labute approximate surface area is 176 Å². The normalized spacial score (nSPS) is 16.2. The van der Waals surface area contributed by atoms with Crippen molar-refractivity contribution in [1.82, 2.24) is 15.0 Å². The Kier molecular flexibility index (Phi) is 4.84. The number of benzene rings is 1. The number of aromatic nitrogens is 2. The minimum Gasteiger partial charge on any atom is -0.467 e. The van der Waals surface area contributed by atoms with E-state index in [9.17, 15) is 4.79 Å². The first-order chi connectivity index (χ1) is 14.7. The first-order valence-corrected chi connectivity index (χ1v) is 10.5. The van der Waals surface area contributed by atoms with E-state index in [1.807, 2.05) is 55.5 Å². The van der Waals surface area contributed by atoms with Gasteiger partial charge in [0.15, 0.2) is 0 Å². The maximum Gasteiger partial charge on any atom is 0.253 e. The summed E-state index contributed by atoms with van der Waals surface area (Å²) in [6, 6.07) is 14.8. The Morgan fingerprint density at radius 1 is 1.10 bits per heavy atom. The average molecular weight is 418 g/mol. The third-order valence-electron chi connectivity index (χ3n) is 4.86. The van der Waals surface area contributed by atoms with Crippen LogP contribution in [0.25, 0.3) is 10.9 Å². The summed E-state index contributed by atoms with van der Waals surface area (Å²) in [4.78, 5) is 22.1. The number of furan rings is 2. The van der Waals surface area contributed by atoms with Crippen LogP contribution in [0.15, 0.2) is 80.0 Å². The summed E-state index contributed by atoms with van der Waals surface area (Å²) in [7, 11) is 0. The van der Waals surface area contributed by atoms with Gasteiger partial charge in [-0.05, 0) is 37.3 Å². The zero-order valence-electron chi connectivity index (χ0n) is 16.2. The van der Waals surface area contributed by atoms with Crippen molar-refractivity contribution in [2.45, 2.75) is 24.4 Å². The van der Waals surface area contributed by atoms with E-state index < -0.39 is 0 Å². The van der Waals surface area contributed by atoms with Gasteiger partial charge in [0.25, 0.3) is 5.91 Å². The number of fused-ring (bicyclic) bond motifs is 1. The molecule has 0 N–H and O–H groups in total. The Hall–Kier alpha value is -3.39. The number of rotatable bonds is 5. The van der Waals surface area contributed by atoms with Crippen LogP contribution in [0.3, 0.4) is 0 Å². The molecule has 4 heterocycles. The van der Waals surface area contributed by atoms with Crippen LogP contribution in [0.5, 0.6) is 0 Å². The van der Waals surface area contributed by atoms with E-state index in [0.717, 1.165) is 21.6 Å². The van der Waals surface area contributed by atoms with Gasteiger partial charge in [-0.2, -0.15) is 5.10 Å². The summed E-state index contributed by atoms with van der Waals surface area (Å²) in [6.07, 6.45) is 3.74. The highest BCUT2D eigenvalue weighted by Crippen LogP contribution is 2.34. The maximum absolute atomic E-state index is 13.1. The van der Waals surface area contributed by atoms with Crippen LogP contribution in [-0.4, -0.2) is 32.3 Å². The first kappa shape index (κ1) is 18.6. The number of carbonyl (C=O) groups excluding carboxylic acids is 1. The highest BCUT2D eigenvalue weighted by atomic mass is 32.2. The Bertz CT molecular complexity index is 1220. The van der Waals surface area contributed by atoms with Crippen molar-refractivity contribution in [2.24, 2.45) is 5.10 Å². The van der Waals surface area contributed by atoms with Gasteiger partial charge in [-0.15, -0.1) is 0 Å². The maximum atomic E-state index is 13.1. The summed E-state index contributed by atoms with van der Waals surface area (Å²) >= 11 is 1.39. The zero-order valence-corrected chi connectivity index (χ0v) is 17.0. The molecule has 7 nitrogen and oxygen atoms in total. The highest BCUT2D eigenvalue weighted by molar-refractivity contribution is 8.00. The standard InChI is InChI=1S/C22H18N4O3S/c1-14-23-16-7-3-2-6-15(16)22(24-14)30-13-21(27)26-18(20-9-5-11-29-20)12-17(25-26)19-8-4-10-28-19/h2-11,18H,12-13H2,1H3. The molecule has 0 saturated carbocycles. The van der Waals surface area contributed by atoms with Crippen LogP contribution in [0.2, 0.25) is 0 Å². The molecule has 8 heteroatoms. The van der Waals surface area contributed by atoms with E-state index in [2.05, 4.69) is 15.1 Å². The molecule has 30 heavy (non-hydrogen) atoms. The summed E-state index contributed by atoms with van der Waals surface area (Å²) in [5.41, 5.74) is 1.59. The van der Waals surface area contributed by atoms with Gasteiger partial charge in [0.05, 0.1) is 23.8 Å². The lowest BCUT2D eigenvalue weighted by Gasteiger charge is -2.19. The second-order valence-electron chi connectivity index (χ2n) is 6.88. The molecular weight excluding hydrogens is 400 g/mol. The molecule has 1 aromatic carbocycles. The Morgan fingerprint density at radius 3 is 2.73 bits per heavy atom. The molecule has 4 aromatic rings. The monoisotopic (exact) mass is 418 g/mol. The lowest BCUT2D eigenvalue weighted by molar-refractivity contribution is -0.130. The largest absolute Gasteiger partial charge is 0.467 e. The van der Waals surface area contributed by atoms with Gasteiger partial charge >= 0.3 is 0 Å². The minimum atomic E-state index is -0.294. The van der Waals surface area contributed by atoms with Crippen LogP contribution < -0.4 is 0 Å². The molecule has 1 amide bonds. The first-order valence-electron chi connectivity index (χ1n) is 9.52. The number of amides is 1. The predicted molar refractivity (Wildman–Crippen MR) is 113 cm³/mol. The zero-order chi connectivity index (χ0) is 20.5. The van der Waals surface area contributed by atoms with Crippen molar-refractivity contribution < 1.29 is 13.6 Å². The summed E-state index contributed by atoms with van der Waals surface area (Å²) < 4.78 is 11.1. The lowest BCUT2D eigenvalue weighted by Crippen LogP contribution is -2.28. The van der Waals surface area contributed by atoms with Gasteiger partial charge in [-0.1, -0.05) is 30.0 Å². The third-order valence-corrected chi connectivity index (χ3v) is 5.83. The van der Waals surface area contributed by atoms with Crippen LogP contribution in [0, 0.1) is 6.92 Å². The molecule has 5 rings (SSSR count). The topological polar surface area (TPSA) is 84.7 Å². The molecule has 1 unspecified atom stereocenters. The molecule has 0 radical (unpaired) electrons. The van der Waals surface area contributed by atoms with Crippen molar-refractivity contribution in [1.29, 1.82) is 0 Å². The number of carbonyl (C=O) groups is 1.